The van der Waals surface area contributed by atoms with Crippen molar-refractivity contribution in [1.29, 1.82) is 0 Å². The number of hydrogen-bond acceptors (Lipinski definition) is 5. The standard InChI is InChI=1S/C12H14N4S/c13-9-3-1-2-4-10-8(9)5-15-12(16-10)11-6-14-7-17-11/h5-7,9H,1-4,13H2. The fourth-order valence-electron chi connectivity index (χ4n) is 2.19. The third kappa shape index (κ3) is 2.08. The van der Waals surface area contributed by atoms with Gasteiger partial charge >= 0.3 is 0 Å². The van der Waals surface area contributed by atoms with E-state index in [1.54, 1.807) is 16.8 Å². The Bertz CT molecular complexity index is 509. The van der Waals surface area contributed by atoms with Crippen molar-refractivity contribution in [3.05, 3.63) is 29.2 Å². The Hall–Kier alpha value is -1.33. The molecular formula is C12H14N4S. The molecule has 0 aliphatic heterocycles. The predicted octanol–water partition coefficient (Wildman–Crippen LogP) is 2.33. The van der Waals surface area contributed by atoms with Crippen molar-refractivity contribution in [1.82, 2.24) is 15.0 Å². The van der Waals surface area contributed by atoms with Gasteiger partial charge in [-0.15, -0.1) is 11.3 Å². The Morgan fingerprint density at radius 1 is 1.29 bits per heavy atom. The number of nitrogens with two attached hydrogens (primary N) is 1. The number of rotatable bonds is 1. The second-order valence-corrected chi connectivity index (χ2v) is 5.20. The van der Waals surface area contributed by atoms with E-state index in [1.165, 1.54) is 12.8 Å². The second kappa shape index (κ2) is 4.50. The zero-order valence-corrected chi connectivity index (χ0v) is 10.3. The summed E-state index contributed by atoms with van der Waals surface area (Å²) in [6, 6.07) is 0.100. The summed E-state index contributed by atoms with van der Waals surface area (Å²) in [4.78, 5) is 14.1. The van der Waals surface area contributed by atoms with Gasteiger partial charge in [0.05, 0.1) is 10.4 Å². The summed E-state index contributed by atoms with van der Waals surface area (Å²) in [7, 11) is 0. The van der Waals surface area contributed by atoms with Crippen molar-refractivity contribution < 1.29 is 0 Å². The van der Waals surface area contributed by atoms with Gasteiger partial charge in [-0.1, -0.05) is 6.42 Å². The van der Waals surface area contributed by atoms with Gasteiger partial charge in [0.1, 0.15) is 0 Å². The minimum absolute atomic E-state index is 0.100. The number of hydrogen-bond donors (Lipinski definition) is 1. The Morgan fingerprint density at radius 3 is 3.06 bits per heavy atom. The molecule has 88 valence electrons. The van der Waals surface area contributed by atoms with Crippen LogP contribution in [0.2, 0.25) is 0 Å². The van der Waals surface area contributed by atoms with Crippen LogP contribution in [0, 0.1) is 0 Å². The van der Waals surface area contributed by atoms with Crippen LogP contribution in [0.25, 0.3) is 10.7 Å². The van der Waals surface area contributed by atoms with Crippen LogP contribution in [0.3, 0.4) is 0 Å². The lowest BCUT2D eigenvalue weighted by atomic mass is 10.1. The summed E-state index contributed by atoms with van der Waals surface area (Å²) in [5.74, 6) is 0.778. The minimum Gasteiger partial charge on any atom is -0.324 e. The Balaban J connectivity index is 2.03. The first-order chi connectivity index (χ1) is 8.34. The molecule has 1 aliphatic carbocycles. The van der Waals surface area contributed by atoms with E-state index in [9.17, 15) is 0 Å². The van der Waals surface area contributed by atoms with Gasteiger partial charge in [-0.2, -0.15) is 0 Å². The first kappa shape index (κ1) is 10.8. The monoisotopic (exact) mass is 246 g/mol. The van der Waals surface area contributed by atoms with Crippen LogP contribution in [0.4, 0.5) is 0 Å². The Labute approximate surface area is 104 Å². The molecule has 2 aromatic heterocycles. The van der Waals surface area contributed by atoms with E-state index < -0.39 is 0 Å². The fourth-order valence-corrected chi connectivity index (χ4v) is 2.75. The Morgan fingerprint density at radius 2 is 2.24 bits per heavy atom. The maximum atomic E-state index is 6.13. The summed E-state index contributed by atoms with van der Waals surface area (Å²) in [5.41, 5.74) is 10.2. The van der Waals surface area contributed by atoms with Crippen molar-refractivity contribution in [2.75, 3.05) is 0 Å². The van der Waals surface area contributed by atoms with E-state index in [4.69, 9.17) is 5.73 Å². The predicted molar refractivity (Wildman–Crippen MR) is 67.6 cm³/mol. The topological polar surface area (TPSA) is 64.7 Å². The molecule has 0 bridgehead atoms. The number of nitrogens with zero attached hydrogens (tertiary/aromatic N) is 3. The van der Waals surface area contributed by atoms with E-state index in [1.807, 2.05) is 12.4 Å². The van der Waals surface area contributed by atoms with Crippen molar-refractivity contribution in [2.24, 2.45) is 5.73 Å². The first-order valence-corrected chi connectivity index (χ1v) is 6.73. The molecule has 2 N–H and O–H groups in total. The molecule has 1 atom stereocenters. The highest BCUT2D eigenvalue weighted by molar-refractivity contribution is 7.13. The van der Waals surface area contributed by atoms with Gasteiger partial charge in [0, 0.05) is 29.7 Å². The molecular weight excluding hydrogens is 232 g/mol. The average molecular weight is 246 g/mol. The lowest BCUT2D eigenvalue weighted by Crippen LogP contribution is -2.12. The van der Waals surface area contributed by atoms with E-state index in [0.717, 1.165) is 34.8 Å². The van der Waals surface area contributed by atoms with Gasteiger partial charge in [-0.05, 0) is 19.3 Å². The van der Waals surface area contributed by atoms with Crippen LogP contribution in [-0.2, 0) is 6.42 Å². The summed E-state index contributed by atoms with van der Waals surface area (Å²) in [5, 5.41) is 0. The quantitative estimate of drug-likeness (QED) is 0.784. The lowest BCUT2D eigenvalue weighted by Gasteiger charge is -2.11. The summed E-state index contributed by atoms with van der Waals surface area (Å²) in [6.07, 6.45) is 8.09. The summed E-state index contributed by atoms with van der Waals surface area (Å²) in [6.45, 7) is 0. The van der Waals surface area contributed by atoms with E-state index >= 15 is 0 Å². The van der Waals surface area contributed by atoms with Crippen LogP contribution in [0.5, 0.6) is 0 Å². The van der Waals surface area contributed by atoms with Crippen LogP contribution < -0.4 is 5.73 Å². The van der Waals surface area contributed by atoms with Crippen molar-refractivity contribution >= 4 is 11.3 Å². The van der Waals surface area contributed by atoms with Crippen LogP contribution in [0.15, 0.2) is 17.9 Å². The maximum absolute atomic E-state index is 6.13. The maximum Gasteiger partial charge on any atom is 0.171 e. The molecule has 4 nitrogen and oxygen atoms in total. The third-order valence-electron chi connectivity index (χ3n) is 3.13. The highest BCUT2D eigenvalue weighted by Crippen LogP contribution is 2.27. The minimum atomic E-state index is 0.100. The molecule has 17 heavy (non-hydrogen) atoms. The van der Waals surface area contributed by atoms with Crippen LogP contribution in [-0.4, -0.2) is 15.0 Å². The highest BCUT2D eigenvalue weighted by Gasteiger charge is 2.18. The van der Waals surface area contributed by atoms with E-state index in [0.29, 0.717) is 0 Å². The van der Waals surface area contributed by atoms with Crippen LogP contribution >= 0.6 is 11.3 Å². The SMILES string of the molecule is NC1CCCCc2nc(-c3cncs3)ncc21. The van der Waals surface area contributed by atoms with E-state index in [2.05, 4.69) is 15.0 Å². The molecule has 0 spiro atoms. The van der Waals surface area contributed by atoms with Crippen molar-refractivity contribution in [3.8, 4) is 10.7 Å². The molecule has 3 rings (SSSR count). The van der Waals surface area contributed by atoms with Gasteiger partial charge in [-0.3, -0.25) is 4.98 Å². The number of aromatic nitrogens is 3. The fraction of sp³-hybridized carbons (Fsp3) is 0.417. The summed E-state index contributed by atoms with van der Waals surface area (Å²) < 4.78 is 0. The molecule has 0 radical (unpaired) electrons. The average Bonchev–Trinajstić information content (AvgIpc) is 2.82. The molecule has 1 aliphatic rings. The van der Waals surface area contributed by atoms with Gasteiger partial charge in [0.15, 0.2) is 5.82 Å². The largest absolute Gasteiger partial charge is 0.324 e. The smallest absolute Gasteiger partial charge is 0.171 e. The van der Waals surface area contributed by atoms with Crippen molar-refractivity contribution in [3.63, 3.8) is 0 Å². The molecule has 0 aromatic carbocycles. The Kier molecular flexibility index (Phi) is 2.86. The highest BCUT2D eigenvalue weighted by atomic mass is 32.1. The molecule has 2 aromatic rings. The zero-order valence-electron chi connectivity index (χ0n) is 9.47. The summed E-state index contributed by atoms with van der Waals surface area (Å²) >= 11 is 1.57. The number of fused-ring (bicyclic) bond motifs is 1. The van der Waals surface area contributed by atoms with E-state index in [-0.39, 0.29) is 6.04 Å². The number of aryl methyl sites for hydroxylation is 1. The molecule has 0 fully saturated rings. The molecule has 0 saturated carbocycles. The first-order valence-electron chi connectivity index (χ1n) is 5.85. The van der Waals surface area contributed by atoms with Gasteiger partial charge in [0.25, 0.3) is 0 Å². The number of thiazole rings is 1. The molecule has 2 heterocycles. The normalized spacial score (nSPS) is 19.7. The zero-order chi connectivity index (χ0) is 11.7. The molecule has 1 unspecified atom stereocenters. The van der Waals surface area contributed by atoms with Crippen LogP contribution in [0.1, 0.15) is 36.6 Å². The molecule has 5 heteroatoms. The lowest BCUT2D eigenvalue weighted by molar-refractivity contribution is 0.614. The van der Waals surface area contributed by atoms with Gasteiger partial charge in [0.2, 0.25) is 0 Å². The van der Waals surface area contributed by atoms with Crippen molar-refractivity contribution in [2.45, 2.75) is 31.7 Å². The molecule has 0 saturated heterocycles. The molecule has 0 amide bonds. The van der Waals surface area contributed by atoms with Gasteiger partial charge in [-0.25, -0.2) is 9.97 Å². The third-order valence-corrected chi connectivity index (χ3v) is 3.90. The van der Waals surface area contributed by atoms with Gasteiger partial charge < -0.3 is 5.73 Å². The second-order valence-electron chi connectivity index (χ2n) is 4.31.